The maximum atomic E-state index is 12.9. The average molecular weight is 376 g/mol. The highest BCUT2D eigenvalue weighted by molar-refractivity contribution is 5.96. The van der Waals surface area contributed by atoms with E-state index in [0.29, 0.717) is 43.3 Å². The maximum absolute atomic E-state index is 12.9. The molecule has 0 saturated carbocycles. The summed E-state index contributed by atoms with van der Waals surface area (Å²) in [6.45, 7) is 5.50. The first-order chi connectivity index (χ1) is 13.0. The number of carbonyl (C=O) groups excluding carboxylic acids is 2. The van der Waals surface area contributed by atoms with Gasteiger partial charge in [-0.1, -0.05) is 10.4 Å². The summed E-state index contributed by atoms with van der Waals surface area (Å²) >= 11 is 0. The number of carbonyl (C=O) groups is 2. The Morgan fingerprint density at radius 1 is 1.41 bits per heavy atom. The largest absolute Gasteiger partial charge is 0.383 e. The fourth-order valence-electron chi connectivity index (χ4n) is 3.29. The first kappa shape index (κ1) is 19.0. The standard InChI is InChI=1S/C17H24N6O4/c1-11-15(12(2)27-20-11)17(25)23-7-4-5-13(23)9-22-10-14(19-21-22)16(24)18-6-8-26-3/h10,13H,4-9H2,1-3H3,(H,18,24)/t13-/m0/s1. The molecule has 0 aromatic carbocycles. The van der Waals surface area contributed by atoms with Crippen LogP contribution in [-0.4, -0.2) is 69.7 Å². The number of hydrogen-bond donors (Lipinski definition) is 1. The molecule has 1 aliphatic heterocycles. The van der Waals surface area contributed by atoms with E-state index >= 15 is 0 Å². The summed E-state index contributed by atoms with van der Waals surface area (Å²) < 4.78 is 11.6. The van der Waals surface area contributed by atoms with Gasteiger partial charge in [-0.3, -0.25) is 9.59 Å². The van der Waals surface area contributed by atoms with Gasteiger partial charge >= 0.3 is 0 Å². The van der Waals surface area contributed by atoms with Crippen LogP contribution in [-0.2, 0) is 11.3 Å². The summed E-state index contributed by atoms with van der Waals surface area (Å²) in [5, 5.41) is 14.5. The molecule has 10 nitrogen and oxygen atoms in total. The van der Waals surface area contributed by atoms with Gasteiger partial charge in [-0.05, 0) is 26.7 Å². The molecule has 1 atom stereocenters. The quantitative estimate of drug-likeness (QED) is 0.702. The van der Waals surface area contributed by atoms with Gasteiger partial charge in [-0.15, -0.1) is 5.10 Å². The summed E-state index contributed by atoms with van der Waals surface area (Å²) in [5.41, 5.74) is 1.37. The fourth-order valence-corrected chi connectivity index (χ4v) is 3.29. The van der Waals surface area contributed by atoms with E-state index in [1.54, 1.807) is 31.8 Å². The Bertz CT molecular complexity index is 795. The van der Waals surface area contributed by atoms with Crippen molar-refractivity contribution in [2.75, 3.05) is 26.8 Å². The fraction of sp³-hybridized carbons (Fsp3) is 0.588. The predicted octanol–water partition coefficient (Wildman–Crippen LogP) is 0.564. The van der Waals surface area contributed by atoms with E-state index < -0.39 is 0 Å². The number of nitrogens with one attached hydrogen (secondary N) is 1. The maximum Gasteiger partial charge on any atom is 0.273 e. The van der Waals surface area contributed by atoms with Crippen molar-refractivity contribution in [3.05, 3.63) is 28.9 Å². The second kappa shape index (κ2) is 8.30. The van der Waals surface area contributed by atoms with Crippen LogP contribution in [0, 0.1) is 13.8 Å². The smallest absolute Gasteiger partial charge is 0.273 e. The SMILES string of the molecule is COCCNC(=O)c1cn(C[C@@H]2CCCN2C(=O)c2c(C)noc2C)nn1. The molecule has 27 heavy (non-hydrogen) atoms. The average Bonchev–Trinajstić information content (AvgIpc) is 3.36. The zero-order valence-corrected chi connectivity index (χ0v) is 15.8. The number of hydrogen-bond acceptors (Lipinski definition) is 7. The van der Waals surface area contributed by atoms with Crippen molar-refractivity contribution in [2.45, 2.75) is 39.3 Å². The number of likely N-dealkylation sites (tertiary alicyclic amines) is 1. The molecule has 0 spiro atoms. The Kier molecular flexibility index (Phi) is 5.84. The van der Waals surface area contributed by atoms with Crippen molar-refractivity contribution in [1.29, 1.82) is 0 Å². The topological polar surface area (TPSA) is 115 Å². The van der Waals surface area contributed by atoms with Crippen LogP contribution in [0.25, 0.3) is 0 Å². The van der Waals surface area contributed by atoms with Crippen LogP contribution in [0.5, 0.6) is 0 Å². The van der Waals surface area contributed by atoms with Gasteiger partial charge < -0.3 is 19.5 Å². The van der Waals surface area contributed by atoms with Crippen molar-refractivity contribution in [3.8, 4) is 0 Å². The Morgan fingerprint density at radius 3 is 2.93 bits per heavy atom. The van der Waals surface area contributed by atoms with Crippen molar-refractivity contribution >= 4 is 11.8 Å². The van der Waals surface area contributed by atoms with Gasteiger partial charge in [0.15, 0.2) is 5.69 Å². The number of rotatable bonds is 7. The molecular weight excluding hydrogens is 352 g/mol. The molecule has 0 radical (unpaired) electrons. The molecule has 1 aliphatic rings. The molecule has 0 bridgehead atoms. The third-order valence-electron chi connectivity index (χ3n) is 4.65. The third kappa shape index (κ3) is 4.16. The molecule has 1 fully saturated rings. The number of nitrogens with zero attached hydrogens (tertiary/aromatic N) is 5. The normalized spacial score (nSPS) is 16.7. The minimum atomic E-state index is -0.298. The van der Waals surface area contributed by atoms with E-state index in [1.807, 2.05) is 4.90 Å². The predicted molar refractivity (Wildman–Crippen MR) is 94.3 cm³/mol. The Balaban J connectivity index is 1.65. The van der Waals surface area contributed by atoms with E-state index in [9.17, 15) is 9.59 Å². The molecule has 0 aliphatic carbocycles. The van der Waals surface area contributed by atoms with Crippen LogP contribution < -0.4 is 5.32 Å². The monoisotopic (exact) mass is 376 g/mol. The van der Waals surface area contributed by atoms with Crippen molar-refractivity contribution in [2.24, 2.45) is 0 Å². The van der Waals surface area contributed by atoms with Crippen LogP contribution in [0.4, 0.5) is 0 Å². The molecule has 2 aromatic rings. The van der Waals surface area contributed by atoms with Gasteiger partial charge in [-0.2, -0.15) is 0 Å². The molecule has 1 N–H and O–H groups in total. The Labute approximate surface area is 156 Å². The molecule has 1 saturated heterocycles. The van der Waals surface area contributed by atoms with Gasteiger partial charge in [-0.25, -0.2) is 4.68 Å². The van der Waals surface area contributed by atoms with Gasteiger partial charge in [0.1, 0.15) is 11.3 Å². The van der Waals surface area contributed by atoms with Gasteiger partial charge in [0, 0.05) is 20.2 Å². The van der Waals surface area contributed by atoms with Crippen LogP contribution in [0.3, 0.4) is 0 Å². The second-order valence-corrected chi connectivity index (χ2v) is 6.57. The summed E-state index contributed by atoms with van der Waals surface area (Å²) in [7, 11) is 1.57. The van der Waals surface area contributed by atoms with E-state index in [2.05, 4.69) is 20.8 Å². The van der Waals surface area contributed by atoms with Crippen LogP contribution in [0.2, 0.25) is 0 Å². The zero-order valence-electron chi connectivity index (χ0n) is 15.8. The van der Waals surface area contributed by atoms with E-state index in [-0.39, 0.29) is 23.6 Å². The molecule has 10 heteroatoms. The minimum absolute atomic E-state index is 0.0164. The number of amides is 2. The third-order valence-corrected chi connectivity index (χ3v) is 4.65. The molecule has 2 aromatic heterocycles. The molecular formula is C17H24N6O4. The molecule has 3 rings (SSSR count). The molecule has 0 unspecified atom stereocenters. The zero-order chi connectivity index (χ0) is 19.4. The van der Waals surface area contributed by atoms with Crippen molar-refractivity contribution in [3.63, 3.8) is 0 Å². The van der Waals surface area contributed by atoms with E-state index in [1.165, 1.54) is 0 Å². The van der Waals surface area contributed by atoms with Crippen LogP contribution in [0.1, 0.15) is 45.1 Å². The van der Waals surface area contributed by atoms with Gasteiger partial charge in [0.05, 0.1) is 31.1 Å². The number of aryl methyl sites for hydroxylation is 2. The lowest BCUT2D eigenvalue weighted by Gasteiger charge is -2.24. The summed E-state index contributed by atoms with van der Waals surface area (Å²) in [5.74, 6) is 0.152. The lowest BCUT2D eigenvalue weighted by molar-refractivity contribution is 0.0718. The summed E-state index contributed by atoms with van der Waals surface area (Å²) in [6, 6.07) is -0.0164. The Hall–Kier alpha value is -2.75. The van der Waals surface area contributed by atoms with E-state index in [0.717, 1.165) is 12.8 Å². The second-order valence-electron chi connectivity index (χ2n) is 6.57. The Morgan fingerprint density at radius 2 is 2.22 bits per heavy atom. The van der Waals surface area contributed by atoms with Crippen molar-refractivity contribution in [1.82, 2.24) is 30.4 Å². The first-order valence-electron chi connectivity index (χ1n) is 8.92. The number of aromatic nitrogens is 4. The summed E-state index contributed by atoms with van der Waals surface area (Å²) in [4.78, 5) is 26.7. The molecule has 3 heterocycles. The highest BCUT2D eigenvalue weighted by atomic mass is 16.5. The molecule has 2 amide bonds. The first-order valence-corrected chi connectivity index (χ1v) is 8.92. The highest BCUT2D eigenvalue weighted by Crippen LogP contribution is 2.24. The number of ether oxygens (including phenoxy) is 1. The van der Waals surface area contributed by atoms with Gasteiger partial charge in [0.25, 0.3) is 11.8 Å². The number of methoxy groups -OCH3 is 1. The van der Waals surface area contributed by atoms with Crippen LogP contribution in [0.15, 0.2) is 10.7 Å². The van der Waals surface area contributed by atoms with Crippen molar-refractivity contribution < 1.29 is 18.8 Å². The van der Waals surface area contributed by atoms with E-state index in [4.69, 9.17) is 9.26 Å². The van der Waals surface area contributed by atoms with Crippen LogP contribution >= 0.6 is 0 Å². The van der Waals surface area contributed by atoms with Gasteiger partial charge in [0.2, 0.25) is 0 Å². The molecule has 146 valence electrons. The lowest BCUT2D eigenvalue weighted by Crippen LogP contribution is -2.38. The minimum Gasteiger partial charge on any atom is -0.383 e. The summed E-state index contributed by atoms with van der Waals surface area (Å²) in [6.07, 6.45) is 3.38. The highest BCUT2D eigenvalue weighted by Gasteiger charge is 2.33. The lowest BCUT2D eigenvalue weighted by atomic mass is 10.1.